The monoisotopic (exact) mass is 314 g/mol. The van der Waals surface area contributed by atoms with Crippen molar-refractivity contribution in [2.75, 3.05) is 18.4 Å². The average molecular weight is 315 g/mol. The summed E-state index contributed by atoms with van der Waals surface area (Å²) in [7, 11) is 0. The molecule has 1 aliphatic heterocycles. The summed E-state index contributed by atoms with van der Waals surface area (Å²) < 4.78 is 13.6. The topological polar surface area (TPSA) is 69.6 Å². The number of amides is 2. The molecule has 2 atom stereocenters. The van der Waals surface area contributed by atoms with Crippen LogP contribution in [0, 0.1) is 17.7 Å². The molecule has 114 valence electrons. The summed E-state index contributed by atoms with van der Waals surface area (Å²) in [5, 5.41) is 11.8. The predicted molar refractivity (Wildman–Crippen MR) is 76.9 cm³/mol. The Morgan fingerprint density at radius 1 is 1.43 bits per heavy atom. The average Bonchev–Trinajstić information content (AvgIpc) is 2.42. The van der Waals surface area contributed by atoms with E-state index in [0.717, 1.165) is 6.07 Å². The van der Waals surface area contributed by atoms with E-state index in [2.05, 4.69) is 5.32 Å². The number of nitrogens with zero attached hydrogens (tertiary/aromatic N) is 1. The van der Waals surface area contributed by atoms with Gasteiger partial charge in [0.25, 0.3) is 0 Å². The lowest BCUT2D eigenvalue weighted by atomic mass is 9.91. The van der Waals surface area contributed by atoms with Crippen LogP contribution in [0.2, 0.25) is 5.02 Å². The molecule has 1 aliphatic rings. The highest BCUT2D eigenvalue weighted by Gasteiger charge is 2.32. The first-order chi connectivity index (χ1) is 9.86. The summed E-state index contributed by atoms with van der Waals surface area (Å²) in [6.45, 7) is 2.45. The van der Waals surface area contributed by atoms with E-state index in [9.17, 15) is 14.0 Å². The molecule has 1 fully saturated rings. The van der Waals surface area contributed by atoms with Crippen LogP contribution in [0.3, 0.4) is 0 Å². The quantitative estimate of drug-likeness (QED) is 0.881. The van der Waals surface area contributed by atoms with Crippen molar-refractivity contribution in [2.45, 2.75) is 13.3 Å². The highest BCUT2D eigenvalue weighted by Crippen LogP contribution is 2.24. The zero-order chi connectivity index (χ0) is 15.6. The first-order valence-corrected chi connectivity index (χ1v) is 6.98. The smallest absolute Gasteiger partial charge is 0.321 e. The first-order valence-electron chi connectivity index (χ1n) is 6.60. The van der Waals surface area contributed by atoms with Gasteiger partial charge in [-0.15, -0.1) is 0 Å². The largest absolute Gasteiger partial charge is 0.481 e. The van der Waals surface area contributed by atoms with Crippen LogP contribution in [-0.4, -0.2) is 35.1 Å². The molecule has 2 N–H and O–H groups in total. The third-order valence-corrected chi connectivity index (χ3v) is 3.70. The van der Waals surface area contributed by atoms with Gasteiger partial charge in [-0.2, -0.15) is 0 Å². The molecule has 5 nitrogen and oxygen atoms in total. The maximum atomic E-state index is 13.6. The second kappa shape index (κ2) is 6.30. The Balaban J connectivity index is 2.08. The summed E-state index contributed by atoms with van der Waals surface area (Å²) in [6.07, 6.45) is 0.532. The third kappa shape index (κ3) is 3.85. The molecular formula is C14H16ClFN2O3. The van der Waals surface area contributed by atoms with Crippen molar-refractivity contribution in [1.82, 2.24) is 4.90 Å². The summed E-state index contributed by atoms with van der Waals surface area (Å²) in [6, 6.07) is 3.35. The Kier molecular flexibility index (Phi) is 4.67. The summed E-state index contributed by atoms with van der Waals surface area (Å²) >= 11 is 5.76. The third-order valence-electron chi connectivity index (χ3n) is 3.47. The maximum Gasteiger partial charge on any atom is 0.321 e. The lowest BCUT2D eigenvalue weighted by Gasteiger charge is -2.34. The number of hydrogen-bond acceptors (Lipinski definition) is 2. The van der Waals surface area contributed by atoms with E-state index in [1.807, 2.05) is 6.92 Å². The molecule has 7 heteroatoms. The van der Waals surface area contributed by atoms with Crippen molar-refractivity contribution in [3.8, 4) is 0 Å². The highest BCUT2D eigenvalue weighted by atomic mass is 35.5. The number of carbonyl (C=O) groups excluding carboxylic acids is 1. The molecule has 2 rings (SSSR count). The second-order valence-electron chi connectivity index (χ2n) is 5.34. The molecule has 2 unspecified atom stereocenters. The van der Waals surface area contributed by atoms with Crippen molar-refractivity contribution in [3.05, 3.63) is 29.0 Å². The zero-order valence-corrected chi connectivity index (χ0v) is 12.2. The Morgan fingerprint density at radius 2 is 2.14 bits per heavy atom. The van der Waals surface area contributed by atoms with E-state index in [4.69, 9.17) is 16.7 Å². The van der Waals surface area contributed by atoms with Gasteiger partial charge in [0.05, 0.1) is 11.6 Å². The van der Waals surface area contributed by atoms with Crippen LogP contribution in [0.1, 0.15) is 13.3 Å². The van der Waals surface area contributed by atoms with Crippen LogP contribution in [0.15, 0.2) is 18.2 Å². The van der Waals surface area contributed by atoms with E-state index in [0.29, 0.717) is 18.0 Å². The van der Waals surface area contributed by atoms with Gasteiger partial charge < -0.3 is 15.3 Å². The first kappa shape index (κ1) is 15.6. The van der Waals surface area contributed by atoms with Crippen molar-refractivity contribution in [2.24, 2.45) is 11.8 Å². The number of nitrogens with one attached hydrogen (secondary N) is 1. The van der Waals surface area contributed by atoms with Crippen molar-refractivity contribution >= 4 is 29.3 Å². The van der Waals surface area contributed by atoms with Gasteiger partial charge in [0.2, 0.25) is 0 Å². The van der Waals surface area contributed by atoms with E-state index < -0.39 is 23.7 Å². The number of likely N-dealkylation sites (tertiary alicyclic amines) is 1. The van der Waals surface area contributed by atoms with Crippen molar-refractivity contribution in [1.29, 1.82) is 0 Å². The molecule has 1 heterocycles. The molecule has 1 aromatic rings. The number of urea groups is 1. The highest BCUT2D eigenvalue weighted by molar-refractivity contribution is 6.30. The molecule has 1 aromatic carbocycles. The van der Waals surface area contributed by atoms with Gasteiger partial charge in [0.15, 0.2) is 0 Å². The standard InChI is InChI=1S/C14H16ClFN2O3/c1-8-4-9(13(19)20)7-18(6-8)14(21)17-12-5-10(15)2-3-11(12)16/h2-3,5,8-9H,4,6-7H2,1H3,(H,17,21)(H,19,20). The number of piperidine rings is 1. The van der Waals surface area contributed by atoms with Crippen LogP contribution >= 0.6 is 11.6 Å². The number of aliphatic carboxylic acids is 1. The number of carboxylic acid groups (broad SMARTS) is 1. The number of rotatable bonds is 2. The SMILES string of the molecule is CC1CC(C(=O)O)CN(C(=O)Nc2cc(Cl)ccc2F)C1. The molecule has 0 radical (unpaired) electrons. The minimum absolute atomic E-state index is 0.0161. The fraction of sp³-hybridized carbons (Fsp3) is 0.429. The molecule has 0 aliphatic carbocycles. The number of hydrogen-bond donors (Lipinski definition) is 2. The van der Waals surface area contributed by atoms with Gasteiger partial charge in [-0.1, -0.05) is 18.5 Å². The molecular weight excluding hydrogens is 299 g/mol. The van der Waals surface area contributed by atoms with Crippen LogP contribution in [0.25, 0.3) is 0 Å². The van der Waals surface area contributed by atoms with E-state index in [1.54, 1.807) is 0 Å². The van der Waals surface area contributed by atoms with Gasteiger partial charge >= 0.3 is 12.0 Å². The summed E-state index contributed by atoms with van der Waals surface area (Å²) in [5.41, 5.74) is -0.0161. The fourth-order valence-electron chi connectivity index (χ4n) is 2.48. The molecule has 1 saturated heterocycles. The van der Waals surface area contributed by atoms with Gasteiger partial charge in [0.1, 0.15) is 5.82 Å². The molecule has 0 bridgehead atoms. The van der Waals surface area contributed by atoms with Gasteiger partial charge in [0, 0.05) is 18.1 Å². The van der Waals surface area contributed by atoms with Crippen molar-refractivity contribution in [3.63, 3.8) is 0 Å². The number of halogens is 2. The Morgan fingerprint density at radius 3 is 2.81 bits per heavy atom. The van der Waals surface area contributed by atoms with Crippen LogP contribution in [-0.2, 0) is 4.79 Å². The predicted octanol–water partition coefficient (Wildman–Crippen LogP) is 3.05. The summed E-state index contributed by atoms with van der Waals surface area (Å²) in [5.74, 6) is -2.03. The molecule has 0 saturated carbocycles. The van der Waals surface area contributed by atoms with Crippen LogP contribution in [0.4, 0.5) is 14.9 Å². The Labute approximate surface area is 126 Å². The van der Waals surface area contributed by atoms with E-state index in [1.165, 1.54) is 17.0 Å². The Hall–Kier alpha value is -1.82. The maximum absolute atomic E-state index is 13.6. The minimum Gasteiger partial charge on any atom is -0.481 e. The number of benzene rings is 1. The van der Waals surface area contributed by atoms with Gasteiger partial charge in [-0.25, -0.2) is 9.18 Å². The second-order valence-corrected chi connectivity index (χ2v) is 5.77. The molecule has 0 spiro atoms. The zero-order valence-electron chi connectivity index (χ0n) is 11.5. The molecule has 0 aromatic heterocycles. The number of carbonyl (C=O) groups is 2. The number of carboxylic acids is 1. The molecule has 21 heavy (non-hydrogen) atoms. The summed E-state index contributed by atoms with van der Waals surface area (Å²) in [4.78, 5) is 24.6. The van der Waals surface area contributed by atoms with Gasteiger partial charge in [-0.05, 0) is 30.5 Å². The van der Waals surface area contributed by atoms with Crippen molar-refractivity contribution < 1.29 is 19.1 Å². The normalized spacial score (nSPS) is 22.0. The lowest BCUT2D eigenvalue weighted by molar-refractivity contribution is -0.143. The minimum atomic E-state index is -0.923. The van der Waals surface area contributed by atoms with Crippen LogP contribution < -0.4 is 5.32 Å². The number of anilines is 1. The fourth-order valence-corrected chi connectivity index (χ4v) is 2.66. The van der Waals surface area contributed by atoms with E-state index in [-0.39, 0.29) is 18.2 Å². The van der Waals surface area contributed by atoms with Gasteiger partial charge in [-0.3, -0.25) is 4.79 Å². The Bertz CT molecular complexity index is 567. The molecule has 2 amide bonds. The lowest BCUT2D eigenvalue weighted by Crippen LogP contribution is -2.47. The van der Waals surface area contributed by atoms with E-state index >= 15 is 0 Å². The van der Waals surface area contributed by atoms with Crippen LogP contribution in [0.5, 0.6) is 0 Å².